The van der Waals surface area contributed by atoms with E-state index in [9.17, 15) is 14.0 Å². The van der Waals surface area contributed by atoms with Crippen LogP contribution in [0.4, 0.5) is 15.8 Å². The Morgan fingerprint density at radius 1 is 1.18 bits per heavy atom. The summed E-state index contributed by atoms with van der Waals surface area (Å²) >= 11 is 7.00. The molecular weight excluding hydrogens is 543 g/mol. The van der Waals surface area contributed by atoms with Gasteiger partial charge in [0.25, 0.3) is 5.91 Å². The minimum absolute atomic E-state index is 0.00367. The average molecular weight is 569 g/mol. The molecule has 1 aliphatic carbocycles. The first kappa shape index (κ1) is 26.7. The smallest absolute Gasteiger partial charge is 0.280 e. The fraction of sp³-hybridized carbons (Fsp3) is 0.308. The van der Waals surface area contributed by atoms with Gasteiger partial charge in [-0.15, -0.1) is 0 Å². The Balaban J connectivity index is 0.00000151. The van der Waals surface area contributed by atoms with Crippen molar-refractivity contribution in [3.05, 3.63) is 69.8 Å². The molecule has 1 amide bonds. The van der Waals surface area contributed by atoms with Gasteiger partial charge in [-0.3, -0.25) is 19.7 Å². The lowest BCUT2D eigenvalue weighted by molar-refractivity contribution is -0.121. The second-order valence-electron chi connectivity index (χ2n) is 8.87. The quantitative estimate of drug-likeness (QED) is 0.307. The number of nitrogens with one attached hydrogen (secondary N) is 3. The Morgan fingerprint density at radius 3 is 2.72 bits per heavy atom. The third kappa shape index (κ3) is 5.48. The van der Waals surface area contributed by atoms with Crippen molar-refractivity contribution < 1.29 is 14.0 Å². The van der Waals surface area contributed by atoms with Crippen LogP contribution < -0.4 is 15.5 Å². The van der Waals surface area contributed by atoms with Crippen LogP contribution in [-0.2, 0) is 4.79 Å². The molecule has 1 aromatic carbocycles. The maximum absolute atomic E-state index is 15.0. The number of halogens is 2. The van der Waals surface area contributed by atoms with Crippen molar-refractivity contribution in [3.8, 4) is 11.5 Å². The number of Topliss-reactive ketones (excluding diaryl/α,β-unsaturated/α-hetero) is 1. The Bertz CT molecular complexity index is 1480. The molecule has 3 aromatic heterocycles. The number of hydrogen-bond acceptors (Lipinski definition) is 9. The lowest BCUT2D eigenvalue weighted by Crippen LogP contribution is -2.49. The lowest BCUT2D eigenvalue weighted by atomic mass is 9.88. The van der Waals surface area contributed by atoms with Gasteiger partial charge >= 0.3 is 0 Å². The topological polar surface area (TPSA) is 129 Å². The zero-order chi connectivity index (χ0) is 27.5. The Hall–Kier alpha value is -3.90. The third-order valence-corrected chi connectivity index (χ3v) is 7.60. The summed E-state index contributed by atoms with van der Waals surface area (Å²) in [5, 5.41) is 13.2. The normalized spacial score (nSPS) is 20.1. The van der Waals surface area contributed by atoms with E-state index in [2.05, 4.69) is 35.8 Å². The predicted octanol–water partition coefficient (Wildman–Crippen LogP) is 4.99. The number of nitrogens with zero attached hydrogens (tertiary/aromatic N) is 5. The Morgan fingerprint density at radius 2 is 2.00 bits per heavy atom. The highest BCUT2D eigenvalue weighted by Crippen LogP contribution is 2.45. The number of thiazole rings is 1. The van der Waals surface area contributed by atoms with Gasteiger partial charge in [0.15, 0.2) is 10.8 Å². The van der Waals surface area contributed by atoms with Crippen LogP contribution in [0, 0.1) is 5.82 Å². The van der Waals surface area contributed by atoms with Crippen LogP contribution in [0.3, 0.4) is 0 Å². The fourth-order valence-electron chi connectivity index (χ4n) is 4.96. The van der Waals surface area contributed by atoms with Crippen molar-refractivity contribution in [2.75, 3.05) is 10.2 Å². The molecule has 4 heterocycles. The number of pyridine rings is 1. The molecule has 3 unspecified atom stereocenters. The van der Waals surface area contributed by atoms with Crippen molar-refractivity contribution in [2.24, 2.45) is 0 Å². The summed E-state index contributed by atoms with van der Waals surface area (Å²) in [5.74, 6) is -0.250. The SMILES string of the molecule is CC.O=C1CC(NC(=O)c2ncc(Cl)s2)CC(N2c3cc(-c4ncn[nH]4)ncc3NC2c2ccccc2F)C1. The zero-order valence-electron chi connectivity index (χ0n) is 21.2. The summed E-state index contributed by atoms with van der Waals surface area (Å²) in [5.41, 5.74) is 2.46. The average Bonchev–Trinajstić information content (AvgIpc) is 3.69. The van der Waals surface area contributed by atoms with E-state index in [0.717, 1.165) is 17.0 Å². The molecule has 4 aromatic rings. The number of amides is 1. The summed E-state index contributed by atoms with van der Waals surface area (Å²) < 4.78 is 15.4. The van der Waals surface area contributed by atoms with E-state index < -0.39 is 12.2 Å². The molecule has 0 bridgehead atoms. The molecule has 39 heavy (non-hydrogen) atoms. The van der Waals surface area contributed by atoms with Crippen LogP contribution in [0.2, 0.25) is 4.34 Å². The summed E-state index contributed by atoms with van der Waals surface area (Å²) in [6.07, 6.45) is 4.83. The number of carbonyl (C=O) groups excluding carboxylic acids is 2. The summed E-state index contributed by atoms with van der Waals surface area (Å²) in [6.45, 7) is 4.00. The van der Waals surface area contributed by atoms with Gasteiger partial charge in [0.05, 0.1) is 23.8 Å². The van der Waals surface area contributed by atoms with Crippen molar-refractivity contribution in [3.63, 3.8) is 0 Å². The minimum Gasteiger partial charge on any atom is -0.358 e. The number of rotatable bonds is 5. The predicted molar refractivity (Wildman–Crippen MR) is 147 cm³/mol. The number of carbonyl (C=O) groups is 2. The largest absolute Gasteiger partial charge is 0.358 e. The molecule has 0 saturated heterocycles. The number of anilines is 2. The van der Waals surface area contributed by atoms with Crippen LogP contribution in [0.15, 0.2) is 49.1 Å². The van der Waals surface area contributed by atoms with Crippen molar-refractivity contribution in [2.45, 2.75) is 51.4 Å². The molecular formula is C26H26ClFN8O2S. The molecule has 1 aliphatic heterocycles. The molecule has 0 spiro atoms. The minimum atomic E-state index is -0.576. The number of ketones is 1. The van der Waals surface area contributed by atoms with Crippen LogP contribution in [0.25, 0.3) is 11.5 Å². The van der Waals surface area contributed by atoms with Gasteiger partial charge in [0.1, 0.15) is 34.1 Å². The molecule has 13 heteroatoms. The van der Waals surface area contributed by atoms with E-state index >= 15 is 0 Å². The van der Waals surface area contributed by atoms with Gasteiger partial charge in [0, 0.05) is 30.5 Å². The van der Waals surface area contributed by atoms with Gasteiger partial charge in [-0.2, -0.15) is 5.10 Å². The lowest BCUT2D eigenvalue weighted by Gasteiger charge is -2.39. The monoisotopic (exact) mass is 568 g/mol. The van der Waals surface area contributed by atoms with E-state index in [0.29, 0.717) is 33.5 Å². The van der Waals surface area contributed by atoms with Crippen LogP contribution in [-0.4, -0.2) is 48.9 Å². The highest BCUT2D eigenvalue weighted by Gasteiger charge is 2.41. The number of hydrogen-bond donors (Lipinski definition) is 3. The number of H-pyrrole nitrogens is 1. The van der Waals surface area contributed by atoms with E-state index in [-0.39, 0.29) is 41.4 Å². The van der Waals surface area contributed by atoms with Crippen LogP contribution in [0.1, 0.15) is 54.6 Å². The second kappa shape index (κ2) is 11.5. The van der Waals surface area contributed by atoms with Gasteiger partial charge in [-0.1, -0.05) is 55.0 Å². The molecule has 2 aliphatic rings. The number of aromatic amines is 1. The Kier molecular flexibility index (Phi) is 7.84. The highest BCUT2D eigenvalue weighted by molar-refractivity contribution is 7.17. The van der Waals surface area contributed by atoms with E-state index in [1.165, 1.54) is 18.6 Å². The number of benzene rings is 1. The zero-order valence-corrected chi connectivity index (χ0v) is 22.8. The highest BCUT2D eigenvalue weighted by atomic mass is 35.5. The van der Waals surface area contributed by atoms with Gasteiger partial charge in [-0.25, -0.2) is 14.4 Å². The first-order valence-electron chi connectivity index (χ1n) is 12.5. The Labute approximate surface area is 233 Å². The molecule has 1 saturated carbocycles. The third-order valence-electron chi connectivity index (χ3n) is 6.48. The first-order chi connectivity index (χ1) is 19.0. The molecule has 3 N–H and O–H groups in total. The molecule has 202 valence electrons. The van der Waals surface area contributed by atoms with Gasteiger partial charge < -0.3 is 15.5 Å². The van der Waals surface area contributed by atoms with Gasteiger partial charge in [-0.05, 0) is 18.6 Å². The number of fused-ring (bicyclic) bond motifs is 1. The van der Waals surface area contributed by atoms with Crippen molar-refractivity contribution >= 4 is 46.0 Å². The second-order valence-corrected chi connectivity index (χ2v) is 10.5. The summed E-state index contributed by atoms with van der Waals surface area (Å²) in [6, 6.07) is 7.63. The van der Waals surface area contributed by atoms with Gasteiger partial charge in [0.2, 0.25) is 0 Å². The molecule has 10 nitrogen and oxygen atoms in total. The fourth-order valence-corrected chi connectivity index (χ4v) is 5.78. The van der Waals surface area contributed by atoms with Crippen molar-refractivity contribution in [1.82, 2.24) is 30.5 Å². The first-order valence-corrected chi connectivity index (χ1v) is 13.7. The molecule has 3 atom stereocenters. The van der Waals surface area contributed by atoms with E-state index in [1.54, 1.807) is 24.4 Å². The maximum atomic E-state index is 15.0. The molecule has 6 rings (SSSR count). The number of aromatic nitrogens is 5. The summed E-state index contributed by atoms with van der Waals surface area (Å²) in [7, 11) is 0. The standard InChI is InChI=1S/C24H20ClFN8O2S.C2H6/c25-20-10-28-24(37-20)23(36)31-12-5-13(7-14(35)6-12)34-19-8-17(21-29-11-30-33-21)27-9-18(19)32-22(34)15-3-1-2-4-16(15)26;1-2/h1-4,8-13,22,32H,5-7H2,(H,31,36)(H,29,30,33);1-2H3. The van der Waals surface area contributed by atoms with Crippen LogP contribution in [0.5, 0.6) is 0 Å². The van der Waals surface area contributed by atoms with Crippen LogP contribution >= 0.6 is 22.9 Å². The van der Waals surface area contributed by atoms with E-state index in [4.69, 9.17) is 11.6 Å². The van der Waals surface area contributed by atoms with E-state index in [1.807, 2.05) is 24.8 Å². The molecule has 1 fully saturated rings. The summed E-state index contributed by atoms with van der Waals surface area (Å²) in [4.78, 5) is 40.3. The maximum Gasteiger partial charge on any atom is 0.280 e. The molecule has 0 radical (unpaired) electrons. The van der Waals surface area contributed by atoms with Crippen molar-refractivity contribution in [1.29, 1.82) is 0 Å².